The standard InChI is InChI=1S/C15H22N2O4/c1-16(10-6-12-21-2)15(20)17(11-9-14(18)19)13-7-4-3-5-8-13/h3-5,7-8H,6,9-12H2,1-2H3,(H,18,19). The van der Waals surface area contributed by atoms with Crippen LogP contribution in [0.4, 0.5) is 10.5 Å². The molecule has 0 unspecified atom stereocenters. The minimum atomic E-state index is -0.925. The second kappa shape index (κ2) is 8.97. The summed E-state index contributed by atoms with van der Waals surface area (Å²) in [6.07, 6.45) is 0.646. The number of carbonyl (C=O) groups is 2. The molecule has 0 saturated carbocycles. The van der Waals surface area contributed by atoms with Crippen molar-refractivity contribution in [3.63, 3.8) is 0 Å². The highest BCUT2D eigenvalue weighted by atomic mass is 16.5. The lowest BCUT2D eigenvalue weighted by Gasteiger charge is -2.28. The van der Waals surface area contributed by atoms with E-state index in [2.05, 4.69) is 0 Å². The molecule has 0 atom stereocenters. The SMILES string of the molecule is COCCCN(C)C(=O)N(CCC(=O)O)c1ccccc1. The first kappa shape index (κ1) is 17.0. The van der Waals surface area contributed by atoms with Crippen LogP contribution in [0.3, 0.4) is 0 Å². The van der Waals surface area contributed by atoms with Gasteiger partial charge in [0.25, 0.3) is 0 Å². The number of methoxy groups -OCH3 is 1. The number of rotatable bonds is 8. The first-order chi connectivity index (χ1) is 10.1. The third-order valence-corrected chi connectivity index (χ3v) is 3.02. The Bertz CT molecular complexity index is 450. The van der Waals surface area contributed by atoms with Gasteiger partial charge in [0.15, 0.2) is 0 Å². The number of hydrogen-bond donors (Lipinski definition) is 1. The number of ether oxygens (including phenoxy) is 1. The molecule has 2 amide bonds. The maximum absolute atomic E-state index is 12.5. The molecule has 116 valence electrons. The average Bonchev–Trinajstić information content (AvgIpc) is 2.48. The third-order valence-electron chi connectivity index (χ3n) is 3.02. The van der Waals surface area contributed by atoms with Crippen LogP contribution in [0.25, 0.3) is 0 Å². The molecule has 1 aromatic carbocycles. The number of aliphatic carboxylic acids is 1. The molecule has 0 saturated heterocycles. The van der Waals surface area contributed by atoms with Crippen LogP contribution in [0.15, 0.2) is 30.3 Å². The number of nitrogens with zero attached hydrogens (tertiary/aromatic N) is 2. The maximum atomic E-state index is 12.5. The van der Waals surface area contributed by atoms with Crippen LogP contribution in [0.5, 0.6) is 0 Å². The summed E-state index contributed by atoms with van der Waals surface area (Å²) in [5.41, 5.74) is 0.697. The Balaban J connectivity index is 2.75. The van der Waals surface area contributed by atoms with Gasteiger partial charge in [-0.1, -0.05) is 18.2 Å². The van der Waals surface area contributed by atoms with Gasteiger partial charge in [0.05, 0.1) is 6.42 Å². The highest BCUT2D eigenvalue weighted by molar-refractivity contribution is 5.92. The normalized spacial score (nSPS) is 10.2. The second-order valence-corrected chi connectivity index (χ2v) is 4.68. The number of carbonyl (C=O) groups excluding carboxylic acids is 1. The van der Waals surface area contributed by atoms with Gasteiger partial charge in [-0.25, -0.2) is 4.79 Å². The van der Waals surface area contributed by atoms with Crippen molar-refractivity contribution in [1.29, 1.82) is 0 Å². The highest BCUT2D eigenvalue weighted by Crippen LogP contribution is 2.15. The van der Waals surface area contributed by atoms with Gasteiger partial charge in [0.2, 0.25) is 0 Å². The minimum Gasteiger partial charge on any atom is -0.481 e. The van der Waals surface area contributed by atoms with Crippen LogP contribution in [-0.2, 0) is 9.53 Å². The zero-order valence-corrected chi connectivity index (χ0v) is 12.5. The Morgan fingerprint density at radius 1 is 1.19 bits per heavy atom. The van der Waals surface area contributed by atoms with Crippen molar-refractivity contribution in [2.24, 2.45) is 0 Å². The van der Waals surface area contributed by atoms with Gasteiger partial charge in [-0.15, -0.1) is 0 Å². The second-order valence-electron chi connectivity index (χ2n) is 4.68. The van der Waals surface area contributed by atoms with Crippen molar-refractivity contribution in [3.8, 4) is 0 Å². The van der Waals surface area contributed by atoms with Crippen LogP contribution in [0.1, 0.15) is 12.8 Å². The number of hydrogen-bond acceptors (Lipinski definition) is 3. The van der Waals surface area contributed by atoms with E-state index in [0.717, 1.165) is 6.42 Å². The van der Waals surface area contributed by atoms with E-state index in [1.807, 2.05) is 18.2 Å². The fourth-order valence-electron chi connectivity index (χ4n) is 1.90. The molecular formula is C15H22N2O4. The van der Waals surface area contributed by atoms with Crippen molar-refractivity contribution in [1.82, 2.24) is 4.90 Å². The number of anilines is 1. The Hall–Kier alpha value is -2.08. The van der Waals surface area contributed by atoms with Crippen molar-refractivity contribution in [2.45, 2.75) is 12.8 Å². The molecule has 0 aliphatic heterocycles. The first-order valence-corrected chi connectivity index (χ1v) is 6.84. The van der Waals surface area contributed by atoms with Gasteiger partial charge >= 0.3 is 12.0 Å². The zero-order chi connectivity index (χ0) is 15.7. The predicted molar refractivity (Wildman–Crippen MR) is 80.6 cm³/mol. The molecule has 0 aromatic heterocycles. The van der Waals surface area contributed by atoms with Crippen molar-refractivity contribution >= 4 is 17.7 Å². The van der Waals surface area contributed by atoms with Gasteiger partial charge in [-0.3, -0.25) is 9.69 Å². The number of carboxylic acids is 1. The van der Waals surface area contributed by atoms with Crippen LogP contribution in [0, 0.1) is 0 Å². The molecule has 0 fully saturated rings. The molecule has 0 aliphatic rings. The molecule has 21 heavy (non-hydrogen) atoms. The van der Waals surface area contributed by atoms with E-state index in [1.165, 1.54) is 4.90 Å². The lowest BCUT2D eigenvalue weighted by atomic mass is 10.2. The highest BCUT2D eigenvalue weighted by Gasteiger charge is 2.20. The smallest absolute Gasteiger partial charge is 0.324 e. The summed E-state index contributed by atoms with van der Waals surface area (Å²) in [7, 11) is 3.32. The number of benzene rings is 1. The summed E-state index contributed by atoms with van der Waals surface area (Å²) in [4.78, 5) is 26.3. The maximum Gasteiger partial charge on any atom is 0.324 e. The molecule has 0 radical (unpaired) electrons. The molecule has 1 N–H and O–H groups in total. The van der Waals surface area contributed by atoms with Crippen LogP contribution >= 0.6 is 0 Å². The number of amides is 2. The van der Waals surface area contributed by atoms with E-state index in [4.69, 9.17) is 9.84 Å². The quantitative estimate of drug-likeness (QED) is 0.745. The summed E-state index contributed by atoms with van der Waals surface area (Å²) in [6, 6.07) is 8.87. The Morgan fingerprint density at radius 3 is 2.43 bits per heavy atom. The van der Waals surface area contributed by atoms with E-state index in [-0.39, 0.29) is 19.0 Å². The Morgan fingerprint density at radius 2 is 1.86 bits per heavy atom. The summed E-state index contributed by atoms with van der Waals surface area (Å²) in [5, 5.41) is 8.83. The van der Waals surface area contributed by atoms with E-state index in [9.17, 15) is 9.59 Å². The van der Waals surface area contributed by atoms with Crippen LogP contribution in [0.2, 0.25) is 0 Å². The molecule has 1 rings (SSSR count). The Kier molecular flexibility index (Phi) is 7.25. The van der Waals surface area contributed by atoms with E-state index in [0.29, 0.717) is 18.8 Å². The number of carboxylic acid groups (broad SMARTS) is 1. The lowest BCUT2D eigenvalue weighted by molar-refractivity contribution is -0.136. The number of para-hydroxylation sites is 1. The monoisotopic (exact) mass is 294 g/mol. The summed E-state index contributed by atoms with van der Waals surface area (Å²) in [5.74, 6) is -0.925. The van der Waals surface area contributed by atoms with E-state index in [1.54, 1.807) is 31.2 Å². The largest absolute Gasteiger partial charge is 0.481 e. The van der Waals surface area contributed by atoms with Gasteiger partial charge in [-0.05, 0) is 18.6 Å². The lowest BCUT2D eigenvalue weighted by Crippen LogP contribution is -2.43. The van der Waals surface area contributed by atoms with Gasteiger partial charge < -0.3 is 14.7 Å². The van der Waals surface area contributed by atoms with Crippen molar-refractivity contribution < 1.29 is 19.4 Å². The van der Waals surface area contributed by atoms with Gasteiger partial charge in [0.1, 0.15) is 0 Å². The summed E-state index contributed by atoms with van der Waals surface area (Å²) < 4.78 is 4.97. The van der Waals surface area contributed by atoms with Crippen LogP contribution < -0.4 is 4.90 Å². The molecule has 6 nitrogen and oxygen atoms in total. The zero-order valence-electron chi connectivity index (χ0n) is 12.5. The molecule has 0 heterocycles. The molecule has 1 aromatic rings. The van der Waals surface area contributed by atoms with Crippen molar-refractivity contribution in [2.75, 3.05) is 38.8 Å². The minimum absolute atomic E-state index is 0.0907. The van der Waals surface area contributed by atoms with E-state index < -0.39 is 5.97 Å². The fourth-order valence-corrected chi connectivity index (χ4v) is 1.90. The molecule has 6 heteroatoms. The van der Waals surface area contributed by atoms with Crippen LogP contribution in [-0.4, -0.2) is 55.9 Å². The topological polar surface area (TPSA) is 70.1 Å². The summed E-state index contributed by atoms with van der Waals surface area (Å²) >= 11 is 0. The van der Waals surface area contributed by atoms with Crippen molar-refractivity contribution in [3.05, 3.63) is 30.3 Å². The Labute approximate surface area is 124 Å². The van der Waals surface area contributed by atoms with E-state index >= 15 is 0 Å². The fraction of sp³-hybridized carbons (Fsp3) is 0.467. The summed E-state index contributed by atoms with van der Waals surface area (Å²) in [6.45, 7) is 1.29. The molecule has 0 spiro atoms. The average molecular weight is 294 g/mol. The molecule has 0 aliphatic carbocycles. The molecule has 0 bridgehead atoms. The predicted octanol–water partition coefficient (Wildman–Crippen LogP) is 2.06. The number of urea groups is 1. The first-order valence-electron chi connectivity index (χ1n) is 6.84. The van der Waals surface area contributed by atoms with Gasteiger partial charge in [0, 0.05) is 39.5 Å². The van der Waals surface area contributed by atoms with Gasteiger partial charge in [-0.2, -0.15) is 0 Å². The molecular weight excluding hydrogens is 272 g/mol. The third kappa shape index (κ3) is 5.83.